The number of aryl methyl sites for hydroxylation is 1. The molecule has 9 nitrogen and oxygen atoms in total. The van der Waals surface area contributed by atoms with Gasteiger partial charge in [-0.1, -0.05) is 194 Å². The summed E-state index contributed by atoms with van der Waals surface area (Å²) >= 11 is 0. The Morgan fingerprint density at radius 1 is 0.540 bits per heavy atom. The fourth-order valence-electron chi connectivity index (χ4n) is 10.5. The summed E-state index contributed by atoms with van der Waals surface area (Å²) < 4.78 is 56.9. The molecule has 9 aromatic rings. The van der Waals surface area contributed by atoms with Gasteiger partial charge < -0.3 is 28.6 Å². The van der Waals surface area contributed by atoms with E-state index in [1.165, 1.54) is 86.0 Å². The molecule has 1 aliphatic rings. The Labute approximate surface area is 520 Å². The number of rotatable bonds is 20. The van der Waals surface area contributed by atoms with Crippen molar-refractivity contribution in [2.24, 2.45) is 0 Å². The van der Waals surface area contributed by atoms with Crippen LogP contribution < -0.4 is 14.2 Å². The summed E-state index contributed by atoms with van der Waals surface area (Å²) in [6.45, 7) is 17.8. The Morgan fingerprint density at radius 3 is 1.47 bits per heavy atom. The average molecular weight is 1210 g/mol. The van der Waals surface area contributed by atoms with E-state index in [0.29, 0.717) is 52.4 Å². The van der Waals surface area contributed by atoms with Gasteiger partial charge in [0.1, 0.15) is 33.1 Å². The van der Waals surface area contributed by atoms with Crippen LogP contribution in [0.25, 0.3) is 10.8 Å². The fourth-order valence-corrected chi connectivity index (χ4v) is 13.1. The lowest BCUT2D eigenvalue weighted by molar-refractivity contribution is -0.136. The molecule has 4 atom stereocenters. The first kappa shape index (κ1) is 66.8. The Morgan fingerprint density at radius 2 is 1.00 bits per heavy atom. The molecule has 0 heterocycles. The number of esters is 1. The van der Waals surface area contributed by atoms with Gasteiger partial charge in [-0.25, -0.2) is 13.2 Å². The molecule has 0 radical (unpaired) electrons. The average Bonchev–Trinajstić information content (AvgIpc) is 1.28. The second-order valence-electron chi connectivity index (χ2n) is 22.3. The van der Waals surface area contributed by atoms with Crippen LogP contribution in [0.5, 0.6) is 23.0 Å². The van der Waals surface area contributed by atoms with Crippen molar-refractivity contribution >= 4 is 37.8 Å². The highest BCUT2D eigenvalue weighted by atomic mass is 32.2. The van der Waals surface area contributed by atoms with Gasteiger partial charge in [-0.05, 0) is 194 Å². The van der Waals surface area contributed by atoms with Crippen LogP contribution in [0.15, 0.2) is 244 Å². The molecule has 1 aliphatic carbocycles. The lowest BCUT2D eigenvalue weighted by Gasteiger charge is -2.43. The van der Waals surface area contributed by atoms with Crippen molar-refractivity contribution in [3.63, 3.8) is 0 Å². The summed E-state index contributed by atoms with van der Waals surface area (Å²) in [4.78, 5) is 15.8. The van der Waals surface area contributed by atoms with Crippen LogP contribution in [-0.4, -0.2) is 43.6 Å². The van der Waals surface area contributed by atoms with E-state index in [0.717, 1.165) is 37.9 Å². The van der Waals surface area contributed by atoms with Crippen LogP contribution in [0.2, 0.25) is 0 Å². The molecular weight excluding hydrogens is 1120 g/mol. The minimum absolute atomic E-state index is 0.0146. The molecule has 4 unspecified atom stereocenters. The van der Waals surface area contributed by atoms with Crippen LogP contribution in [0.3, 0.4) is 0 Å². The number of phenols is 1. The monoisotopic (exact) mass is 1210 g/mol. The largest absolute Gasteiger partial charge is 0.744 e. The number of carbonyl (C=O) groups excluding carboxylic acids is 1. The van der Waals surface area contributed by atoms with E-state index in [1.54, 1.807) is 24.3 Å². The van der Waals surface area contributed by atoms with Gasteiger partial charge in [-0.2, -0.15) is 0 Å². The maximum Gasteiger partial charge on any atom is 0.349 e. The third-order valence-corrected chi connectivity index (χ3v) is 19.2. The van der Waals surface area contributed by atoms with Gasteiger partial charge in [0.15, 0.2) is 21.3 Å². The standard InChI is InChI=1S/C26H36O2.C22H22O6S.C18H15S.C10H14O/c1-5-21(4)22-13-15-24(16-14-22)28-25(27-6-2)26(17-8-7-9-18-26)23-12-10-11-20(3)19-23;1-3-15(2)16-4-8-19(9-5-16)27-14-22(23)28-20-10-6-18-13-21(29(24,25)26)11-7-17(18)12-20;1-4-10-16(11-5-1)19(17-12-6-2-7-13-17)18-14-8-3-9-15-18;1-3-8(2)9-4-6-10(11)7-5-9/h10-16,19,21,25H,5-9,17-18H2,1-4H3;4-13,15H,3,14H2,1-2H3,(H,24,25,26);1-15H;4-8,11H,3H2,1-2H3/q;;+1;/p-1. The summed E-state index contributed by atoms with van der Waals surface area (Å²) in [7, 11) is -4.53. The van der Waals surface area contributed by atoms with Crippen LogP contribution in [0.1, 0.15) is 145 Å². The molecule has 0 aliphatic heterocycles. The Kier molecular flexibility index (Phi) is 25.7. The fraction of sp³-hybridized carbons (Fsp3) is 0.303. The smallest absolute Gasteiger partial charge is 0.349 e. The van der Waals surface area contributed by atoms with Gasteiger partial charge in [0.05, 0.1) is 21.2 Å². The van der Waals surface area contributed by atoms with Crippen molar-refractivity contribution in [3.8, 4) is 23.0 Å². The summed E-state index contributed by atoms with van der Waals surface area (Å²) in [5.74, 6) is 3.21. The van der Waals surface area contributed by atoms with Crippen molar-refractivity contribution in [1.82, 2.24) is 0 Å². The first-order chi connectivity index (χ1) is 42.0. The van der Waals surface area contributed by atoms with Gasteiger partial charge in [0.25, 0.3) is 0 Å². The van der Waals surface area contributed by atoms with E-state index in [-0.39, 0.29) is 34.1 Å². The van der Waals surface area contributed by atoms with Crippen LogP contribution in [0.4, 0.5) is 0 Å². The van der Waals surface area contributed by atoms with Crippen molar-refractivity contribution in [2.45, 2.75) is 156 Å². The molecule has 0 amide bonds. The van der Waals surface area contributed by atoms with Gasteiger partial charge >= 0.3 is 5.97 Å². The highest BCUT2D eigenvalue weighted by Crippen LogP contribution is 2.45. The van der Waals surface area contributed by atoms with E-state index in [4.69, 9.17) is 24.1 Å². The van der Waals surface area contributed by atoms with Crippen molar-refractivity contribution in [1.29, 1.82) is 0 Å². The number of phenolic OH excluding ortho intramolecular Hbond substituents is 1. The van der Waals surface area contributed by atoms with Gasteiger partial charge in [-0.15, -0.1) is 0 Å². The number of aromatic hydroxyl groups is 1. The Balaban J connectivity index is 0.000000174. The van der Waals surface area contributed by atoms with Crippen molar-refractivity contribution in [3.05, 3.63) is 252 Å². The summed E-state index contributed by atoms with van der Waals surface area (Å²) in [5, 5.41) is 10.2. The zero-order valence-electron chi connectivity index (χ0n) is 51.8. The molecule has 0 saturated heterocycles. The topological polar surface area (TPSA) is 131 Å². The molecule has 10 rings (SSSR count). The number of hydrogen-bond acceptors (Lipinski definition) is 9. The van der Waals surface area contributed by atoms with E-state index in [9.17, 15) is 17.8 Å². The van der Waals surface area contributed by atoms with E-state index in [2.05, 4.69) is 195 Å². The number of fused-ring (bicyclic) bond motifs is 1. The minimum atomic E-state index is -4.52. The normalized spacial score (nSPS) is 14.0. The zero-order valence-corrected chi connectivity index (χ0v) is 53.4. The molecule has 1 fully saturated rings. The highest BCUT2D eigenvalue weighted by Gasteiger charge is 2.44. The Bertz CT molecular complexity index is 3500. The maximum absolute atomic E-state index is 12.1. The molecule has 1 saturated carbocycles. The van der Waals surface area contributed by atoms with Gasteiger partial charge in [0.2, 0.25) is 6.29 Å². The number of carbonyl (C=O) groups is 1. The second kappa shape index (κ2) is 33.5. The first-order valence-corrected chi connectivity index (χ1v) is 33.2. The molecule has 1 N–H and O–H groups in total. The molecular formula is C76H86O9S2. The minimum Gasteiger partial charge on any atom is -0.744 e. The molecule has 0 bridgehead atoms. The summed E-state index contributed by atoms with van der Waals surface area (Å²) in [6, 6.07) is 73.5. The SMILES string of the molecule is CCC(C)c1ccc(O)cc1.CCC(C)c1ccc(OCC(=O)Oc2ccc3cc(S(=O)(=O)[O-])ccc3c2)cc1.CCOC(Oc1ccc(C(C)CC)cc1)C1(c2cccc(C)c2)CCCCC1.c1ccc([S+](c2ccccc2)c2ccccc2)cc1. The Hall–Kier alpha value is -7.67. The molecule has 9 aromatic carbocycles. The van der Waals surface area contributed by atoms with Gasteiger partial charge in [0, 0.05) is 6.61 Å². The van der Waals surface area contributed by atoms with E-state index < -0.39 is 16.1 Å². The number of ether oxygens (including phenoxy) is 4. The third-order valence-electron chi connectivity index (χ3n) is 16.1. The molecule has 11 heteroatoms. The third kappa shape index (κ3) is 19.7. The zero-order chi connectivity index (χ0) is 62.2. The van der Waals surface area contributed by atoms with E-state index >= 15 is 0 Å². The number of hydrogen-bond donors (Lipinski definition) is 1. The lowest BCUT2D eigenvalue weighted by Crippen LogP contribution is -2.46. The number of benzene rings is 9. The maximum atomic E-state index is 12.1. The predicted octanol–water partition coefficient (Wildman–Crippen LogP) is 19.1. The van der Waals surface area contributed by atoms with Gasteiger partial charge in [-0.3, -0.25) is 0 Å². The van der Waals surface area contributed by atoms with Crippen LogP contribution in [-0.2, 0) is 36.0 Å². The van der Waals surface area contributed by atoms with Crippen LogP contribution >= 0.6 is 0 Å². The molecule has 0 aromatic heterocycles. The first-order valence-electron chi connectivity index (χ1n) is 30.6. The van der Waals surface area contributed by atoms with Crippen molar-refractivity contribution in [2.75, 3.05) is 13.2 Å². The quantitative estimate of drug-likeness (QED) is 0.0260. The summed E-state index contributed by atoms with van der Waals surface area (Å²) in [6.07, 6.45) is 9.08. The predicted molar refractivity (Wildman–Crippen MR) is 354 cm³/mol. The van der Waals surface area contributed by atoms with Crippen molar-refractivity contribution < 1.29 is 41.8 Å². The molecule has 87 heavy (non-hydrogen) atoms. The molecule has 0 spiro atoms. The van der Waals surface area contributed by atoms with Crippen LogP contribution in [0, 0.1) is 6.92 Å². The molecule has 456 valence electrons. The van der Waals surface area contributed by atoms with E-state index in [1.807, 2.05) is 36.4 Å². The summed E-state index contributed by atoms with van der Waals surface area (Å²) in [5.41, 5.74) is 6.47. The lowest BCUT2D eigenvalue weighted by atomic mass is 9.68. The second-order valence-corrected chi connectivity index (χ2v) is 25.7. The highest BCUT2D eigenvalue weighted by molar-refractivity contribution is 7.97.